The summed E-state index contributed by atoms with van der Waals surface area (Å²) >= 11 is 0. The Kier molecular flexibility index (Phi) is 5.29. The van der Waals surface area contributed by atoms with Crippen LogP contribution in [0.4, 0.5) is 0 Å². The van der Waals surface area contributed by atoms with Crippen LogP contribution < -0.4 is 9.46 Å². The molecule has 0 unspecified atom stereocenters. The van der Waals surface area contributed by atoms with E-state index in [4.69, 9.17) is 9.47 Å². The quantitative estimate of drug-likeness (QED) is 0.884. The molecule has 2 aromatic rings. The summed E-state index contributed by atoms with van der Waals surface area (Å²) < 4.78 is 40.0. The number of benzene rings is 2. The standard InChI is InChI=1S/C18H24N2O4S/c1-13-11-20(12-14(2)24-13)25(21,22)19-10-15-4-5-17-9-18(23-3)7-6-16(17)8-15/h4-9,13-14,19H,10-12H2,1-3H3/t13-,14+. The molecule has 136 valence electrons. The molecular formula is C18H24N2O4S. The minimum atomic E-state index is -3.53. The van der Waals surface area contributed by atoms with Crippen LogP contribution in [0.5, 0.6) is 5.75 Å². The van der Waals surface area contributed by atoms with Gasteiger partial charge in [0.1, 0.15) is 5.75 Å². The van der Waals surface area contributed by atoms with Crippen molar-refractivity contribution in [3.05, 3.63) is 42.0 Å². The van der Waals surface area contributed by atoms with Crippen molar-refractivity contribution in [3.63, 3.8) is 0 Å². The Morgan fingerprint density at radius 2 is 1.76 bits per heavy atom. The Morgan fingerprint density at radius 3 is 2.44 bits per heavy atom. The Bertz CT molecular complexity index is 843. The molecule has 0 aromatic heterocycles. The zero-order valence-corrected chi connectivity index (χ0v) is 15.5. The van der Waals surface area contributed by atoms with Gasteiger partial charge >= 0.3 is 0 Å². The van der Waals surface area contributed by atoms with Crippen molar-refractivity contribution in [1.29, 1.82) is 0 Å². The van der Waals surface area contributed by atoms with Crippen molar-refractivity contribution in [3.8, 4) is 5.75 Å². The normalized spacial score (nSPS) is 22.2. The van der Waals surface area contributed by atoms with Crippen LogP contribution >= 0.6 is 0 Å². The molecule has 0 saturated carbocycles. The summed E-state index contributed by atoms with van der Waals surface area (Å²) in [6.45, 7) is 4.77. The predicted octanol–water partition coefficient (Wildman–Crippen LogP) is 2.29. The van der Waals surface area contributed by atoms with Crippen LogP contribution in [0.2, 0.25) is 0 Å². The number of methoxy groups -OCH3 is 1. The maximum atomic E-state index is 12.5. The highest BCUT2D eigenvalue weighted by atomic mass is 32.2. The van der Waals surface area contributed by atoms with Gasteiger partial charge in [0.05, 0.1) is 19.3 Å². The third kappa shape index (κ3) is 4.30. The van der Waals surface area contributed by atoms with Gasteiger partial charge < -0.3 is 9.47 Å². The van der Waals surface area contributed by atoms with Gasteiger partial charge in [0, 0.05) is 19.6 Å². The average Bonchev–Trinajstić information content (AvgIpc) is 2.58. The molecule has 0 spiro atoms. The summed E-state index contributed by atoms with van der Waals surface area (Å²) in [5, 5.41) is 2.10. The summed E-state index contributed by atoms with van der Waals surface area (Å²) in [5.74, 6) is 0.802. The fourth-order valence-electron chi connectivity index (χ4n) is 3.10. The van der Waals surface area contributed by atoms with Crippen LogP contribution in [0.1, 0.15) is 19.4 Å². The molecule has 7 heteroatoms. The second-order valence-corrected chi connectivity index (χ2v) is 8.20. The van der Waals surface area contributed by atoms with E-state index >= 15 is 0 Å². The number of morpholine rings is 1. The van der Waals surface area contributed by atoms with Gasteiger partial charge in [0.25, 0.3) is 10.2 Å². The smallest absolute Gasteiger partial charge is 0.279 e. The molecule has 6 nitrogen and oxygen atoms in total. The lowest BCUT2D eigenvalue weighted by Gasteiger charge is -2.34. The SMILES string of the molecule is COc1ccc2cc(CNS(=O)(=O)N3C[C@@H](C)O[C@@H](C)C3)ccc2c1. The van der Waals surface area contributed by atoms with E-state index in [9.17, 15) is 8.42 Å². The number of hydrogen-bond acceptors (Lipinski definition) is 4. The van der Waals surface area contributed by atoms with E-state index in [2.05, 4.69) is 4.72 Å². The average molecular weight is 364 g/mol. The molecule has 0 aliphatic carbocycles. The maximum Gasteiger partial charge on any atom is 0.279 e. The summed E-state index contributed by atoms with van der Waals surface area (Å²) in [6.07, 6.45) is -0.202. The van der Waals surface area contributed by atoms with E-state index in [0.29, 0.717) is 13.1 Å². The molecule has 1 N–H and O–H groups in total. The first-order valence-electron chi connectivity index (χ1n) is 8.34. The zero-order chi connectivity index (χ0) is 18.0. The monoisotopic (exact) mass is 364 g/mol. The highest BCUT2D eigenvalue weighted by molar-refractivity contribution is 7.87. The van der Waals surface area contributed by atoms with Crippen molar-refractivity contribution in [2.24, 2.45) is 0 Å². The van der Waals surface area contributed by atoms with E-state index in [0.717, 1.165) is 22.1 Å². The molecule has 2 atom stereocenters. The van der Waals surface area contributed by atoms with Gasteiger partial charge in [-0.05, 0) is 48.4 Å². The van der Waals surface area contributed by atoms with Gasteiger partial charge in [-0.15, -0.1) is 0 Å². The molecule has 0 radical (unpaired) electrons. The van der Waals surface area contributed by atoms with Crippen molar-refractivity contribution >= 4 is 21.0 Å². The number of nitrogens with zero attached hydrogens (tertiary/aromatic N) is 1. The van der Waals surface area contributed by atoms with Crippen LogP contribution in [0.3, 0.4) is 0 Å². The van der Waals surface area contributed by atoms with Crippen molar-refractivity contribution < 1.29 is 17.9 Å². The molecule has 1 saturated heterocycles. The van der Waals surface area contributed by atoms with Gasteiger partial charge in [-0.1, -0.05) is 18.2 Å². The van der Waals surface area contributed by atoms with Crippen LogP contribution in [0, 0.1) is 0 Å². The fourth-order valence-corrected chi connectivity index (χ4v) is 4.45. The van der Waals surface area contributed by atoms with Crippen LogP contribution in [0.15, 0.2) is 36.4 Å². The van der Waals surface area contributed by atoms with E-state index in [1.807, 2.05) is 50.2 Å². The summed E-state index contributed by atoms with van der Waals surface area (Å²) in [7, 11) is -1.89. The minimum Gasteiger partial charge on any atom is -0.497 e. The van der Waals surface area contributed by atoms with E-state index < -0.39 is 10.2 Å². The first-order chi connectivity index (χ1) is 11.9. The van der Waals surface area contributed by atoms with Crippen LogP contribution in [-0.2, 0) is 21.5 Å². The predicted molar refractivity (Wildman–Crippen MR) is 97.8 cm³/mol. The molecule has 1 aliphatic rings. The molecule has 0 bridgehead atoms. The van der Waals surface area contributed by atoms with Gasteiger partial charge in [-0.3, -0.25) is 0 Å². The molecule has 0 amide bonds. The summed E-state index contributed by atoms with van der Waals surface area (Å²) in [4.78, 5) is 0. The Morgan fingerprint density at radius 1 is 1.12 bits per heavy atom. The molecule has 1 heterocycles. The largest absolute Gasteiger partial charge is 0.497 e. The van der Waals surface area contributed by atoms with Gasteiger partial charge in [0.15, 0.2) is 0 Å². The van der Waals surface area contributed by atoms with Crippen LogP contribution in [-0.4, -0.2) is 45.1 Å². The number of ether oxygens (including phenoxy) is 2. The van der Waals surface area contributed by atoms with Gasteiger partial charge in [-0.2, -0.15) is 17.4 Å². The highest BCUT2D eigenvalue weighted by Crippen LogP contribution is 2.22. The summed E-state index contributed by atoms with van der Waals surface area (Å²) in [5.41, 5.74) is 0.913. The third-order valence-corrected chi connectivity index (χ3v) is 5.78. The minimum absolute atomic E-state index is 0.101. The lowest BCUT2D eigenvalue weighted by Crippen LogP contribution is -2.51. The second-order valence-electron chi connectivity index (χ2n) is 6.45. The molecule has 2 aromatic carbocycles. The highest BCUT2D eigenvalue weighted by Gasteiger charge is 2.30. The maximum absolute atomic E-state index is 12.5. The number of fused-ring (bicyclic) bond motifs is 1. The summed E-state index contributed by atoms with van der Waals surface area (Å²) in [6, 6.07) is 11.7. The molecule has 1 fully saturated rings. The zero-order valence-electron chi connectivity index (χ0n) is 14.7. The van der Waals surface area contributed by atoms with Crippen molar-refractivity contribution in [2.75, 3.05) is 20.2 Å². The lowest BCUT2D eigenvalue weighted by molar-refractivity contribution is -0.0444. The van der Waals surface area contributed by atoms with Gasteiger partial charge in [-0.25, -0.2) is 0 Å². The second kappa shape index (κ2) is 7.29. The Balaban J connectivity index is 1.71. The van der Waals surface area contributed by atoms with Crippen LogP contribution in [0.25, 0.3) is 10.8 Å². The Labute approximate surface area is 148 Å². The molecule has 1 aliphatic heterocycles. The first-order valence-corrected chi connectivity index (χ1v) is 9.78. The van der Waals surface area contributed by atoms with Crippen molar-refractivity contribution in [1.82, 2.24) is 9.03 Å². The lowest BCUT2D eigenvalue weighted by atomic mass is 10.1. The van der Waals surface area contributed by atoms with Crippen molar-refractivity contribution in [2.45, 2.75) is 32.6 Å². The molecular weight excluding hydrogens is 340 g/mol. The molecule has 3 rings (SSSR count). The topological polar surface area (TPSA) is 67.9 Å². The van der Waals surface area contributed by atoms with E-state index in [-0.39, 0.29) is 18.8 Å². The van der Waals surface area contributed by atoms with E-state index in [1.54, 1.807) is 7.11 Å². The first kappa shape index (κ1) is 18.1. The Hall–Kier alpha value is -1.67. The molecule has 25 heavy (non-hydrogen) atoms. The number of rotatable bonds is 5. The number of nitrogens with one attached hydrogen (secondary N) is 1. The van der Waals surface area contributed by atoms with E-state index in [1.165, 1.54) is 4.31 Å². The fraction of sp³-hybridized carbons (Fsp3) is 0.444. The third-order valence-electron chi connectivity index (χ3n) is 4.30. The number of hydrogen-bond donors (Lipinski definition) is 1. The van der Waals surface area contributed by atoms with Gasteiger partial charge in [0.2, 0.25) is 0 Å².